The number of anilines is 1. The Morgan fingerprint density at radius 2 is 1.85 bits per heavy atom. The fourth-order valence-electron chi connectivity index (χ4n) is 2.13. The monoisotopic (exact) mass is 383 g/mol. The van der Waals surface area contributed by atoms with Crippen LogP contribution in [0, 0.1) is 11.6 Å². The second kappa shape index (κ2) is 7.52. The normalized spacial score (nSPS) is 11.5. The molecule has 0 aromatic heterocycles. The molecule has 9 heteroatoms. The first-order chi connectivity index (χ1) is 12.2. The number of aliphatic carboxylic acids is 1. The molecule has 26 heavy (non-hydrogen) atoms. The molecule has 0 spiro atoms. The van der Waals surface area contributed by atoms with E-state index in [1.165, 1.54) is 38.4 Å². The van der Waals surface area contributed by atoms with Crippen LogP contribution in [0.25, 0.3) is 6.08 Å². The molecule has 138 valence electrons. The quantitative estimate of drug-likeness (QED) is 0.776. The van der Waals surface area contributed by atoms with Crippen LogP contribution in [0.2, 0.25) is 0 Å². The zero-order valence-electron chi connectivity index (χ0n) is 13.8. The summed E-state index contributed by atoms with van der Waals surface area (Å²) in [6, 6.07) is 6.77. The third-order valence-corrected chi connectivity index (χ3v) is 5.32. The van der Waals surface area contributed by atoms with Gasteiger partial charge in [0.25, 0.3) is 10.0 Å². The number of nitrogens with zero attached hydrogens (tertiary/aromatic N) is 1. The molecule has 2 aromatic rings. The van der Waals surface area contributed by atoms with Gasteiger partial charge in [0, 0.05) is 19.2 Å². The van der Waals surface area contributed by atoms with E-state index in [-0.39, 0.29) is 16.3 Å². The smallest absolute Gasteiger partial charge is 0.328 e. The Morgan fingerprint density at radius 1 is 1.15 bits per heavy atom. The molecule has 0 bridgehead atoms. The molecule has 0 heterocycles. The van der Waals surface area contributed by atoms with Crippen LogP contribution in [-0.4, -0.2) is 33.7 Å². The van der Waals surface area contributed by atoms with Crippen LogP contribution in [0.5, 0.6) is 5.75 Å². The summed E-state index contributed by atoms with van der Waals surface area (Å²) >= 11 is 0. The Hall–Kier alpha value is -2.94. The zero-order valence-corrected chi connectivity index (χ0v) is 14.6. The van der Waals surface area contributed by atoms with E-state index in [2.05, 4.69) is 0 Å². The number of hydrogen-bond acceptors (Lipinski definition) is 4. The minimum atomic E-state index is -4.19. The van der Waals surface area contributed by atoms with Gasteiger partial charge in [-0.2, -0.15) is 0 Å². The molecule has 0 radical (unpaired) electrons. The highest BCUT2D eigenvalue weighted by molar-refractivity contribution is 7.92. The number of methoxy groups -OCH3 is 1. The van der Waals surface area contributed by atoms with E-state index in [1.54, 1.807) is 0 Å². The van der Waals surface area contributed by atoms with Crippen LogP contribution in [0.3, 0.4) is 0 Å². The lowest BCUT2D eigenvalue weighted by Crippen LogP contribution is -2.27. The summed E-state index contributed by atoms with van der Waals surface area (Å²) in [5.74, 6) is -3.45. The van der Waals surface area contributed by atoms with Gasteiger partial charge in [0.1, 0.15) is 10.6 Å². The van der Waals surface area contributed by atoms with Crippen LogP contribution in [0.1, 0.15) is 5.56 Å². The van der Waals surface area contributed by atoms with E-state index in [0.29, 0.717) is 5.56 Å². The zero-order chi connectivity index (χ0) is 19.5. The first kappa shape index (κ1) is 19.4. The molecule has 1 N–H and O–H groups in total. The van der Waals surface area contributed by atoms with Crippen LogP contribution >= 0.6 is 0 Å². The lowest BCUT2D eigenvalue weighted by atomic mass is 10.2. The molecule has 0 amide bonds. The predicted octanol–water partition coefficient (Wildman–Crippen LogP) is 2.90. The van der Waals surface area contributed by atoms with Crippen molar-refractivity contribution in [2.45, 2.75) is 4.90 Å². The summed E-state index contributed by atoms with van der Waals surface area (Å²) in [5.41, 5.74) is 0.225. The molecule has 0 saturated carbocycles. The Bertz CT molecular complexity index is 973. The Kier molecular flexibility index (Phi) is 5.61. The van der Waals surface area contributed by atoms with Crippen molar-refractivity contribution in [2.24, 2.45) is 0 Å². The van der Waals surface area contributed by atoms with Gasteiger partial charge in [-0.05, 0) is 35.9 Å². The number of carboxylic acids is 1. The molecule has 0 saturated heterocycles. The van der Waals surface area contributed by atoms with Crippen molar-refractivity contribution in [1.82, 2.24) is 0 Å². The standard InChI is InChI=1S/C17H15F2NO5S/c1-20(12-5-6-13(18)14(19)10-12)26(23,24)16-9-11(4-8-17(21)22)3-7-15(16)25-2/h3-10H,1-2H3,(H,21,22)/b8-4+. The van der Waals surface area contributed by atoms with Gasteiger partial charge in [-0.25, -0.2) is 22.0 Å². The molecule has 2 rings (SSSR count). The van der Waals surface area contributed by atoms with E-state index < -0.39 is 27.6 Å². The molecule has 0 atom stereocenters. The highest BCUT2D eigenvalue weighted by atomic mass is 32.2. The van der Waals surface area contributed by atoms with E-state index >= 15 is 0 Å². The lowest BCUT2D eigenvalue weighted by molar-refractivity contribution is -0.131. The number of ether oxygens (including phenoxy) is 1. The van der Waals surface area contributed by atoms with Crippen molar-refractivity contribution in [1.29, 1.82) is 0 Å². The molecule has 0 aliphatic heterocycles. The number of rotatable bonds is 6. The maximum absolute atomic E-state index is 13.4. The van der Waals surface area contributed by atoms with Crippen LogP contribution in [0.15, 0.2) is 47.4 Å². The van der Waals surface area contributed by atoms with Crippen molar-refractivity contribution >= 4 is 27.8 Å². The van der Waals surface area contributed by atoms with Gasteiger partial charge < -0.3 is 9.84 Å². The van der Waals surface area contributed by atoms with Gasteiger partial charge in [0.15, 0.2) is 11.6 Å². The number of hydrogen-bond donors (Lipinski definition) is 1. The third-order valence-electron chi connectivity index (χ3n) is 3.51. The molecule has 0 aliphatic carbocycles. The van der Waals surface area contributed by atoms with Crippen molar-refractivity contribution in [2.75, 3.05) is 18.5 Å². The molecular weight excluding hydrogens is 368 g/mol. The Balaban J connectivity index is 2.53. The molecular formula is C17H15F2NO5S. The highest BCUT2D eigenvalue weighted by Crippen LogP contribution is 2.30. The summed E-state index contributed by atoms with van der Waals surface area (Å²) in [7, 11) is -1.73. The number of benzene rings is 2. The van der Waals surface area contributed by atoms with Crippen molar-refractivity contribution in [3.8, 4) is 5.75 Å². The number of carbonyl (C=O) groups is 1. The SMILES string of the molecule is COc1ccc(/C=C/C(=O)O)cc1S(=O)(=O)N(C)c1ccc(F)c(F)c1. The Labute approximate surface area is 149 Å². The highest BCUT2D eigenvalue weighted by Gasteiger charge is 2.26. The second-order valence-electron chi connectivity index (χ2n) is 5.15. The van der Waals surface area contributed by atoms with Crippen molar-refractivity contribution in [3.63, 3.8) is 0 Å². The van der Waals surface area contributed by atoms with Crippen molar-refractivity contribution in [3.05, 3.63) is 59.7 Å². The minimum absolute atomic E-state index is 0.0203. The Morgan fingerprint density at radius 3 is 2.42 bits per heavy atom. The molecule has 0 aliphatic rings. The van der Waals surface area contributed by atoms with Gasteiger partial charge >= 0.3 is 5.97 Å². The third kappa shape index (κ3) is 3.99. The van der Waals surface area contributed by atoms with E-state index in [1.807, 2.05) is 0 Å². The summed E-state index contributed by atoms with van der Waals surface area (Å²) < 4.78 is 58.1. The number of sulfonamides is 1. The average molecular weight is 383 g/mol. The topological polar surface area (TPSA) is 83.9 Å². The van der Waals surface area contributed by atoms with Gasteiger partial charge in [-0.1, -0.05) is 6.07 Å². The fraction of sp³-hybridized carbons (Fsp3) is 0.118. The molecule has 2 aromatic carbocycles. The van der Waals surface area contributed by atoms with E-state index in [4.69, 9.17) is 9.84 Å². The molecule has 0 fully saturated rings. The van der Waals surface area contributed by atoms with Gasteiger partial charge in [0.2, 0.25) is 0 Å². The maximum atomic E-state index is 13.4. The van der Waals surface area contributed by atoms with Gasteiger partial charge in [0.05, 0.1) is 12.8 Å². The first-order valence-electron chi connectivity index (χ1n) is 7.20. The summed E-state index contributed by atoms with van der Waals surface area (Å²) in [6.45, 7) is 0. The van der Waals surface area contributed by atoms with E-state index in [9.17, 15) is 22.0 Å². The maximum Gasteiger partial charge on any atom is 0.328 e. The van der Waals surface area contributed by atoms with Crippen molar-refractivity contribution < 1.29 is 31.8 Å². The first-order valence-corrected chi connectivity index (χ1v) is 8.64. The second-order valence-corrected chi connectivity index (χ2v) is 7.09. The summed E-state index contributed by atoms with van der Waals surface area (Å²) in [6.07, 6.45) is 2.08. The predicted molar refractivity (Wildman–Crippen MR) is 91.6 cm³/mol. The lowest BCUT2D eigenvalue weighted by Gasteiger charge is -2.21. The largest absolute Gasteiger partial charge is 0.495 e. The number of halogens is 2. The molecule has 0 unspecified atom stereocenters. The van der Waals surface area contributed by atoms with Crippen LogP contribution in [0.4, 0.5) is 14.5 Å². The summed E-state index contributed by atoms with van der Waals surface area (Å²) in [5, 5.41) is 8.69. The number of carboxylic acid groups (broad SMARTS) is 1. The average Bonchev–Trinajstić information content (AvgIpc) is 2.61. The van der Waals surface area contributed by atoms with Gasteiger partial charge in [-0.15, -0.1) is 0 Å². The minimum Gasteiger partial charge on any atom is -0.495 e. The van der Waals surface area contributed by atoms with Crippen LogP contribution < -0.4 is 9.04 Å². The summed E-state index contributed by atoms with van der Waals surface area (Å²) in [4.78, 5) is 10.4. The van der Waals surface area contributed by atoms with E-state index in [0.717, 1.165) is 28.6 Å². The van der Waals surface area contributed by atoms with Crippen LogP contribution in [-0.2, 0) is 14.8 Å². The fourth-order valence-corrected chi connectivity index (χ4v) is 3.51. The van der Waals surface area contributed by atoms with Gasteiger partial charge in [-0.3, -0.25) is 4.31 Å². The molecule has 6 nitrogen and oxygen atoms in total.